The van der Waals surface area contributed by atoms with Crippen LogP contribution < -0.4 is 0 Å². The number of hydrogen-bond donors (Lipinski definition) is 0. The lowest BCUT2D eigenvalue weighted by atomic mass is 10.1. The Kier molecular flexibility index (Phi) is 4.12. The van der Waals surface area contributed by atoms with E-state index < -0.39 is 4.59 Å². The minimum atomic E-state index is -2.45. The van der Waals surface area contributed by atoms with E-state index in [0.717, 1.165) is 0 Å². The summed E-state index contributed by atoms with van der Waals surface area (Å²) in [4.78, 5) is 4.10. The third kappa shape index (κ3) is 3.80. The third-order valence-corrected chi connectivity index (χ3v) is 2.06. The average molecular weight is 248 g/mol. The molecule has 0 amide bonds. The van der Waals surface area contributed by atoms with Crippen LogP contribution in [0.15, 0.2) is 35.3 Å². The summed E-state index contributed by atoms with van der Waals surface area (Å²) in [6.45, 7) is 3.67. The van der Waals surface area contributed by atoms with Crippen LogP contribution in [0, 0.1) is 0 Å². The van der Waals surface area contributed by atoms with E-state index in [2.05, 4.69) is 4.99 Å². The zero-order valence-electron chi connectivity index (χ0n) is 8.55. The van der Waals surface area contributed by atoms with Crippen molar-refractivity contribution in [1.29, 1.82) is 0 Å². The van der Waals surface area contributed by atoms with Crippen LogP contribution in [0.1, 0.15) is 19.4 Å². The van der Waals surface area contributed by atoms with Crippen molar-refractivity contribution < 1.29 is 4.39 Å². The summed E-state index contributed by atoms with van der Waals surface area (Å²) in [6, 6.07) is 8.78. The van der Waals surface area contributed by atoms with Crippen molar-refractivity contribution in [2.75, 3.05) is 0 Å². The molecule has 0 aliphatic carbocycles. The zero-order valence-corrected chi connectivity index (χ0v) is 10.1. The lowest BCUT2D eigenvalue weighted by molar-refractivity contribution is 0.485. The van der Waals surface area contributed by atoms with E-state index in [4.69, 9.17) is 23.2 Å². The van der Waals surface area contributed by atoms with Gasteiger partial charge in [0.05, 0.1) is 0 Å². The maximum absolute atomic E-state index is 13.5. The summed E-state index contributed by atoms with van der Waals surface area (Å²) in [5.74, 6) is 0. The standard InChI is InChI=1S/C11H12Cl2FN/c1-8(2)15-10(11(12,13)14)9-6-4-3-5-7-9/h3-8H,1-2H3. The van der Waals surface area contributed by atoms with E-state index in [0.29, 0.717) is 5.56 Å². The van der Waals surface area contributed by atoms with Crippen LogP contribution in [-0.4, -0.2) is 16.3 Å². The molecule has 0 heterocycles. The molecule has 0 saturated heterocycles. The molecule has 1 nitrogen and oxygen atoms in total. The average Bonchev–Trinajstić information content (AvgIpc) is 2.14. The Morgan fingerprint density at radius 1 is 1.27 bits per heavy atom. The fourth-order valence-electron chi connectivity index (χ4n) is 1.17. The topological polar surface area (TPSA) is 12.4 Å². The van der Waals surface area contributed by atoms with Crippen LogP contribution in [0.25, 0.3) is 0 Å². The van der Waals surface area contributed by atoms with E-state index >= 15 is 0 Å². The first kappa shape index (κ1) is 12.5. The quantitative estimate of drug-likeness (QED) is 0.566. The maximum Gasteiger partial charge on any atom is 0.300 e. The van der Waals surface area contributed by atoms with Crippen LogP contribution in [-0.2, 0) is 0 Å². The van der Waals surface area contributed by atoms with Gasteiger partial charge < -0.3 is 0 Å². The summed E-state index contributed by atoms with van der Waals surface area (Å²) < 4.78 is 11.0. The lowest BCUT2D eigenvalue weighted by Gasteiger charge is -2.14. The Morgan fingerprint density at radius 3 is 2.20 bits per heavy atom. The molecule has 0 N–H and O–H groups in total. The molecule has 1 aromatic rings. The first-order chi connectivity index (χ1) is 6.91. The Balaban J connectivity index is 3.15. The number of halogens is 3. The SMILES string of the molecule is CC(C)N=C(c1ccccc1)C(F)(Cl)Cl. The minimum absolute atomic E-state index is 0.0569. The van der Waals surface area contributed by atoms with Gasteiger partial charge >= 0.3 is 0 Å². The van der Waals surface area contributed by atoms with E-state index in [1.807, 2.05) is 19.9 Å². The van der Waals surface area contributed by atoms with Gasteiger partial charge in [-0.1, -0.05) is 53.5 Å². The van der Waals surface area contributed by atoms with Gasteiger partial charge in [0, 0.05) is 11.6 Å². The van der Waals surface area contributed by atoms with Crippen molar-refractivity contribution in [3.8, 4) is 0 Å². The number of alkyl halides is 3. The third-order valence-electron chi connectivity index (χ3n) is 1.70. The molecule has 0 saturated carbocycles. The van der Waals surface area contributed by atoms with Crippen molar-refractivity contribution in [2.45, 2.75) is 24.5 Å². The van der Waals surface area contributed by atoms with Crippen molar-refractivity contribution in [2.24, 2.45) is 4.99 Å². The highest BCUT2D eigenvalue weighted by Crippen LogP contribution is 2.28. The van der Waals surface area contributed by atoms with Crippen molar-refractivity contribution >= 4 is 28.9 Å². The second-order valence-corrected chi connectivity index (χ2v) is 4.67. The molecule has 0 aliphatic heterocycles. The summed E-state index contributed by atoms with van der Waals surface area (Å²) in [6.07, 6.45) is 0. The van der Waals surface area contributed by atoms with E-state index in [1.54, 1.807) is 24.3 Å². The summed E-state index contributed by atoms with van der Waals surface area (Å²) >= 11 is 10.9. The number of aliphatic imine (C=N–C) groups is 1. The molecule has 4 heteroatoms. The fraction of sp³-hybridized carbons (Fsp3) is 0.364. The molecular formula is C11H12Cl2FN. The predicted molar refractivity (Wildman–Crippen MR) is 63.7 cm³/mol. The number of rotatable bonds is 3. The van der Waals surface area contributed by atoms with Crippen molar-refractivity contribution in [3.05, 3.63) is 35.9 Å². The van der Waals surface area contributed by atoms with E-state index in [1.165, 1.54) is 0 Å². The molecule has 0 atom stereocenters. The number of benzene rings is 1. The highest BCUT2D eigenvalue weighted by atomic mass is 35.5. The van der Waals surface area contributed by atoms with Crippen LogP contribution in [0.3, 0.4) is 0 Å². The molecule has 0 fully saturated rings. The largest absolute Gasteiger partial charge is 0.300 e. The Bertz CT molecular complexity index is 341. The van der Waals surface area contributed by atoms with E-state index in [9.17, 15) is 4.39 Å². The Hall–Kier alpha value is -0.600. The Labute approximate surface area is 98.9 Å². The molecule has 0 spiro atoms. The van der Waals surface area contributed by atoms with Gasteiger partial charge in [-0.05, 0) is 13.8 Å². The zero-order chi connectivity index (χ0) is 11.5. The van der Waals surface area contributed by atoms with Crippen LogP contribution >= 0.6 is 23.2 Å². The summed E-state index contributed by atoms with van der Waals surface area (Å²) in [5, 5.41) is 0. The van der Waals surface area contributed by atoms with Gasteiger partial charge in [-0.3, -0.25) is 4.99 Å². The van der Waals surface area contributed by atoms with Gasteiger partial charge in [0.15, 0.2) is 0 Å². The van der Waals surface area contributed by atoms with Gasteiger partial charge in [-0.15, -0.1) is 0 Å². The molecule has 82 valence electrons. The fourth-order valence-corrected chi connectivity index (χ4v) is 1.48. The molecular weight excluding hydrogens is 236 g/mol. The van der Waals surface area contributed by atoms with Gasteiger partial charge in [0.25, 0.3) is 4.59 Å². The minimum Gasteiger partial charge on any atom is -0.280 e. The highest BCUT2D eigenvalue weighted by molar-refractivity contribution is 6.59. The molecule has 1 aromatic carbocycles. The monoisotopic (exact) mass is 247 g/mol. The molecule has 0 bridgehead atoms. The molecule has 1 rings (SSSR count). The Morgan fingerprint density at radius 2 is 1.80 bits per heavy atom. The maximum atomic E-state index is 13.5. The number of nitrogens with zero attached hydrogens (tertiary/aromatic N) is 1. The molecule has 0 aliphatic rings. The molecule has 0 radical (unpaired) electrons. The second kappa shape index (κ2) is 4.95. The van der Waals surface area contributed by atoms with E-state index in [-0.39, 0.29) is 11.8 Å². The van der Waals surface area contributed by atoms with Crippen molar-refractivity contribution in [3.63, 3.8) is 0 Å². The van der Waals surface area contributed by atoms with Gasteiger partial charge in [-0.2, -0.15) is 0 Å². The normalized spacial score (nSPS) is 13.3. The molecule has 0 unspecified atom stereocenters. The summed E-state index contributed by atoms with van der Waals surface area (Å²) in [7, 11) is 0. The van der Waals surface area contributed by atoms with Gasteiger partial charge in [0.2, 0.25) is 0 Å². The highest BCUT2D eigenvalue weighted by Gasteiger charge is 2.31. The van der Waals surface area contributed by atoms with Crippen LogP contribution in [0.2, 0.25) is 0 Å². The van der Waals surface area contributed by atoms with Gasteiger partial charge in [0.1, 0.15) is 5.71 Å². The molecule has 15 heavy (non-hydrogen) atoms. The smallest absolute Gasteiger partial charge is 0.280 e. The first-order valence-corrected chi connectivity index (χ1v) is 5.37. The predicted octanol–water partition coefficient (Wildman–Crippen LogP) is 3.99. The molecule has 0 aromatic heterocycles. The van der Waals surface area contributed by atoms with Crippen LogP contribution in [0.4, 0.5) is 4.39 Å². The summed E-state index contributed by atoms with van der Waals surface area (Å²) in [5.41, 5.74) is 0.653. The van der Waals surface area contributed by atoms with Crippen molar-refractivity contribution in [1.82, 2.24) is 0 Å². The first-order valence-electron chi connectivity index (χ1n) is 4.61. The van der Waals surface area contributed by atoms with Crippen LogP contribution in [0.5, 0.6) is 0 Å². The second-order valence-electron chi connectivity index (χ2n) is 3.44. The van der Waals surface area contributed by atoms with Gasteiger partial charge in [-0.25, -0.2) is 4.39 Å². The lowest BCUT2D eigenvalue weighted by Crippen LogP contribution is -2.23. The number of hydrogen-bond acceptors (Lipinski definition) is 1.